The van der Waals surface area contributed by atoms with E-state index in [1.807, 2.05) is 0 Å². The van der Waals surface area contributed by atoms with Crippen molar-refractivity contribution in [3.05, 3.63) is 29.0 Å². The van der Waals surface area contributed by atoms with Crippen LogP contribution in [0.25, 0.3) is 0 Å². The lowest BCUT2D eigenvalue weighted by Crippen LogP contribution is -2.28. The van der Waals surface area contributed by atoms with Crippen LogP contribution in [-0.4, -0.2) is 26.2 Å². The third kappa shape index (κ3) is 3.89. The van der Waals surface area contributed by atoms with E-state index in [9.17, 15) is 17.9 Å². The molecule has 0 amide bonds. The first-order valence-electron chi connectivity index (χ1n) is 6.03. The van der Waals surface area contributed by atoms with E-state index in [1.54, 1.807) is 0 Å². The maximum absolute atomic E-state index is 13.0. The molecule has 0 aromatic heterocycles. The van der Waals surface area contributed by atoms with Crippen LogP contribution in [0.5, 0.6) is 0 Å². The first-order valence-corrected chi connectivity index (χ1v) is 7.89. The molecule has 19 heavy (non-hydrogen) atoms. The zero-order valence-electron chi connectivity index (χ0n) is 10.1. The van der Waals surface area contributed by atoms with Gasteiger partial charge in [0, 0.05) is 6.54 Å². The molecule has 0 saturated heterocycles. The largest absolute Gasteiger partial charge is 0.393 e. The van der Waals surface area contributed by atoms with E-state index in [2.05, 4.69) is 4.72 Å². The molecule has 1 aliphatic carbocycles. The molecule has 4 nitrogen and oxygen atoms in total. The van der Waals surface area contributed by atoms with Crippen LogP contribution in [0.2, 0.25) is 5.02 Å². The van der Waals surface area contributed by atoms with E-state index in [1.165, 1.54) is 0 Å². The molecule has 1 aromatic rings. The quantitative estimate of drug-likeness (QED) is 0.844. The summed E-state index contributed by atoms with van der Waals surface area (Å²) in [6.07, 6.45) is 1.92. The van der Waals surface area contributed by atoms with Crippen molar-refractivity contribution in [3.8, 4) is 0 Å². The van der Waals surface area contributed by atoms with Gasteiger partial charge in [0.2, 0.25) is 10.0 Å². The molecule has 7 heteroatoms. The van der Waals surface area contributed by atoms with Gasteiger partial charge in [0.05, 0.1) is 16.0 Å². The molecule has 106 valence electrons. The predicted molar refractivity (Wildman–Crippen MR) is 69.9 cm³/mol. The highest BCUT2D eigenvalue weighted by Gasteiger charge is 2.29. The van der Waals surface area contributed by atoms with Crippen molar-refractivity contribution < 1.29 is 17.9 Å². The summed E-state index contributed by atoms with van der Waals surface area (Å²) >= 11 is 5.55. The number of hydrogen-bond donors (Lipinski definition) is 2. The van der Waals surface area contributed by atoms with Crippen LogP contribution < -0.4 is 4.72 Å². The number of rotatable bonds is 6. The average Bonchev–Trinajstić information content (AvgIpc) is 3.16. The van der Waals surface area contributed by atoms with Crippen LogP contribution in [0.4, 0.5) is 4.39 Å². The highest BCUT2D eigenvalue weighted by Crippen LogP contribution is 2.33. The van der Waals surface area contributed by atoms with Crippen molar-refractivity contribution in [1.29, 1.82) is 0 Å². The van der Waals surface area contributed by atoms with Crippen LogP contribution in [0.15, 0.2) is 23.1 Å². The van der Waals surface area contributed by atoms with Crippen molar-refractivity contribution in [1.82, 2.24) is 4.72 Å². The van der Waals surface area contributed by atoms with Crippen LogP contribution in [0.1, 0.15) is 19.3 Å². The Kier molecular flexibility index (Phi) is 4.45. The van der Waals surface area contributed by atoms with Gasteiger partial charge < -0.3 is 5.11 Å². The summed E-state index contributed by atoms with van der Waals surface area (Å²) < 4.78 is 39.1. The number of halogens is 2. The topological polar surface area (TPSA) is 66.4 Å². The molecule has 1 aromatic carbocycles. The second-order valence-electron chi connectivity index (χ2n) is 4.67. The Balaban J connectivity index is 1.95. The number of aliphatic hydroxyl groups excluding tert-OH is 1. The predicted octanol–water partition coefficient (Wildman–Crippen LogP) is 1.92. The third-order valence-electron chi connectivity index (χ3n) is 3.10. The summed E-state index contributed by atoms with van der Waals surface area (Å²) in [6, 6.07) is 3.23. The monoisotopic (exact) mass is 307 g/mol. The second-order valence-corrected chi connectivity index (χ2v) is 6.84. The SMILES string of the molecule is O=S(=O)(NCC[C@@H](O)C1CC1)c1ccc(F)c(Cl)c1. The summed E-state index contributed by atoms with van der Waals surface area (Å²) in [5, 5.41) is 9.40. The normalized spacial score (nSPS) is 17.4. The van der Waals surface area contributed by atoms with Crippen LogP contribution in [0, 0.1) is 11.7 Å². The molecule has 0 radical (unpaired) electrons. The van der Waals surface area contributed by atoms with Crippen molar-refractivity contribution in [2.75, 3.05) is 6.54 Å². The minimum atomic E-state index is -3.71. The summed E-state index contributed by atoms with van der Waals surface area (Å²) in [7, 11) is -3.71. The van der Waals surface area contributed by atoms with Gasteiger partial charge in [0.1, 0.15) is 5.82 Å². The van der Waals surface area contributed by atoms with E-state index in [4.69, 9.17) is 11.6 Å². The lowest BCUT2D eigenvalue weighted by atomic mass is 10.2. The van der Waals surface area contributed by atoms with Crippen molar-refractivity contribution in [3.63, 3.8) is 0 Å². The Bertz CT molecular complexity index is 560. The number of benzene rings is 1. The molecule has 1 saturated carbocycles. The van der Waals surface area contributed by atoms with Crippen molar-refractivity contribution in [2.45, 2.75) is 30.3 Å². The molecule has 0 spiro atoms. The number of aliphatic hydroxyl groups is 1. The van der Waals surface area contributed by atoms with Gasteiger partial charge in [-0.15, -0.1) is 0 Å². The summed E-state index contributed by atoms with van der Waals surface area (Å²) in [6.45, 7) is 0.148. The van der Waals surface area contributed by atoms with Gasteiger partial charge in [-0.1, -0.05) is 11.6 Å². The standard InChI is InChI=1S/C12H15ClFNO3S/c13-10-7-9(3-4-11(10)14)19(17,18)15-6-5-12(16)8-1-2-8/h3-4,7-8,12,15-16H,1-2,5-6H2/t12-/m1/s1. The second kappa shape index (κ2) is 5.75. The summed E-state index contributed by atoms with van der Waals surface area (Å²) in [5.41, 5.74) is 0. The summed E-state index contributed by atoms with van der Waals surface area (Å²) in [5.74, 6) is -0.352. The highest BCUT2D eigenvalue weighted by atomic mass is 35.5. The molecule has 0 heterocycles. The van der Waals surface area contributed by atoms with Gasteiger partial charge >= 0.3 is 0 Å². The molecule has 1 fully saturated rings. The minimum absolute atomic E-state index is 0.0835. The van der Waals surface area contributed by atoms with Crippen molar-refractivity contribution >= 4 is 21.6 Å². The van der Waals surface area contributed by atoms with Gasteiger partial charge in [-0.2, -0.15) is 0 Å². The molecule has 1 atom stereocenters. The fourth-order valence-electron chi connectivity index (χ4n) is 1.79. The Hall–Kier alpha value is -0.690. The number of nitrogens with one attached hydrogen (secondary N) is 1. The van der Waals surface area contributed by atoms with E-state index in [0.29, 0.717) is 12.3 Å². The van der Waals surface area contributed by atoms with Crippen LogP contribution in [0.3, 0.4) is 0 Å². The van der Waals surface area contributed by atoms with E-state index in [-0.39, 0.29) is 16.5 Å². The number of hydrogen-bond acceptors (Lipinski definition) is 3. The molecule has 2 rings (SSSR count). The fraction of sp³-hybridized carbons (Fsp3) is 0.500. The van der Waals surface area contributed by atoms with Gasteiger partial charge in [-0.25, -0.2) is 17.5 Å². The minimum Gasteiger partial charge on any atom is -0.393 e. The maximum atomic E-state index is 13.0. The molecular weight excluding hydrogens is 293 g/mol. The molecule has 1 aliphatic rings. The maximum Gasteiger partial charge on any atom is 0.240 e. The number of sulfonamides is 1. The van der Waals surface area contributed by atoms with Gasteiger partial charge in [0.15, 0.2) is 0 Å². The Morgan fingerprint density at radius 1 is 1.47 bits per heavy atom. The van der Waals surface area contributed by atoms with Gasteiger partial charge in [-0.3, -0.25) is 0 Å². The molecule has 0 aliphatic heterocycles. The first kappa shape index (κ1) is 14.7. The fourth-order valence-corrected chi connectivity index (χ4v) is 3.10. The lowest BCUT2D eigenvalue weighted by Gasteiger charge is -2.10. The van der Waals surface area contributed by atoms with E-state index >= 15 is 0 Å². The Labute approximate surface area is 116 Å². The van der Waals surface area contributed by atoms with Crippen LogP contribution in [-0.2, 0) is 10.0 Å². The molecule has 2 N–H and O–H groups in total. The third-order valence-corrected chi connectivity index (χ3v) is 4.85. The molecule has 0 unspecified atom stereocenters. The zero-order valence-corrected chi connectivity index (χ0v) is 11.7. The average molecular weight is 308 g/mol. The smallest absolute Gasteiger partial charge is 0.240 e. The first-order chi connectivity index (χ1) is 8.90. The van der Waals surface area contributed by atoms with E-state index < -0.39 is 21.9 Å². The molecular formula is C12H15ClFNO3S. The van der Waals surface area contributed by atoms with Crippen molar-refractivity contribution in [2.24, 2.45) is 5.92 Å². The highest BCUT2D eigenvalue weighted by molar-refractivity contribution is 7.89. The Morgan fingerprint density at radius 2 is 2.16 bits per heavy atom. The van der Waals surface area contributed by atoms with Crippen LogP contribution >= 0.6 is 11.6 Å². The van der Waals surface area contributed by atoms with Gasteiger partial charge in [0.25, 0.3) is 0 Å². The molecule has 0 bridgehead atoms. The Morgan fingerprint density at radius 3 is 2.74 bits per heavy atom. The zero-order chi connectivity index (χ0) is 14.0. The lowest BCUT2D eigenvalue weighted by molar-refractivity contribution is 0.143. The van der Waals surface area contributed by atoms with E-state index in [0.717, 1.165) is 31.0 Å². The van der Waals surface area contributed by atoms with Gasteiger partial charge in [-0.05, 0) is 43.4 Å². The summed E-state index contributed by atoms with van der Waals surface area (Å²) in [4.78, 5) is -0.0835.